The molecule has 0 spiro atoms. The number of hydrogen-bond donors (Lipinski definition) is 1. The maximum atomic E-state index is 11.9. The summed E-state index contributed by atoms with van der Waals surface area (Å²) in [6.45, 7) is 0. The Morgan fingerprint density at radius 3 is 1.26 bits per heavy atom. The molecule has 1 nitrogen and oxygen atoms in total. The second-order valence-corrected chi connectivity index (χ2v) is 5.87. The molecule has 0 saturated carbocycles. The Labute approximate surface area is 124 Å². The zero-order valence-electron chi connectivity index (χ0n) is 12.3. The van der Waals surface area contributed by atoms with Gasteiger partial charge in [0, 0.05) is 6.42 Å². The third-order valence-corrected chi connectivity index (χ3v) is 3.85. The van der Waals surface area contributed by atoms with Crippen LogP contribution in [-0.2, 0) is 4.79 Å². The average Bonchev–Trinajstić information content (AvgIpc) is 2.39. The Balaban J connectivity index is 2.93. The number of unbranched alkanes of at least 4 members (excludes halogenated alkanes) is 12. The zero-order chi connectivity index (χ0) is 14.2. The Morgan fingerprint density at radius 1 is 0.632 bits per heavy atom. The van der Waals surface area contributed by atoms with E-state index in [9.17, 15) is 9.18 Å². The van der Waals surface area contributed by atoms with E-state index in [1.165, 1.54) is 64.2 Å². The smallest absolute Gasteiger partial charge is 0.261 e. The van der Waals surface area contributed by atoms with Crippen molar-refractivity contribution in [2.75, 3.05) is 5.75 Å². The van der Waals surface area contributed by atoms with E-state index in [1.807, 2.05) is 0 Å². The van der Waals surface area contributed by atoms with Crippen LogP contribution in [0.4, 0.5) is 4.39 Å². The summed E-state index contributed by atoms with van der Waals surface area (Å²) in [5.41, 5.74) is 0. The second-order valence-electron chi connectivity index (χ2n) is 5.42. The van der Waals surface area contributed by atoms with Gasteiger partial charge in [0.25, 0.3) is 0 Å². The molecule has 3 heteroatoms. The van der Waals surface area contributed by atoms with Crippen LogP contribution < -0.4 is 0 Å². The number of carbonyl (C=O) groups excluding carboxylic acids is 1. The predicted molar refractivity (Wildman–Crippen MR) is 84.6 cm³/mol. The Bertz CT molecular complexity index is 197. The Kier molecular flexibility index (Phi) is 16.0. The fourth-order valence-corrected chi connectivity index (χ4v) is 2.54. The molecule has 0 aromatic rings. The first-order chi connectivity index (χ1) is 9.27. The van der Waals surface area contributed by atoms with E-state index < -0.39 is 6.04 Å². The van der Waals surface area contributed by atoms with Gasteiger partial charge >= 0.3 is 6.04 Å². The Hall–Kier alpha value is -0.0500. The molecule has 19 heavy (non-hydrogen) atoms. The van der Waals surface area contributed by atoms with Crippen LogP contribution in [0.15, 0.2) is 0 Å². The minimum absolute atomic E-state index is 0.118. The molecule has 0 heterocycles. The molecule has 0 fully saturated rings. The lowest BCUT2D eigenvalue weighted by Gasteiger charge is -2.02. The molecule has 0 atom stereocenters. The van der Waals surface area contributed by atoms with Gasteiger partial charge in [0.2, 0.25) is 0 Å². The molecule has 0 unspecified atom stereocenters. The van der Waals surface area contributed by atoms with Crippen LogP contribution >= 0.6 is 12.6 Å². The summed E-state index contributed by atoms with van der Waals surface area (Å²) in [6, 6.07) is -1.16. The SMILES string of the molecule is O=C(F)CCCCCCCCCCCCCCCS. The number of hydrogen-bond acceptors (Lipinski definition) is 2. The fraction of sp³-hybridized carbons (Fsp3) is 0.938. The quantitative estimate of drug-likeness (QED) is 0.227. The van der Waals surface area contributed by atoms with Crippen LogP contribution in [0.3, 0.4) is 0 Å². The van der Waals surface area contributed by atoms with E-state index in [-0.39, 0.29) is 6.42 Å². The average molecular weight is 290 g/mol. The van der Waals surface area contributed by atoms with Crippen molar-refractivity contribution in [1.82, 2.24) is 0 Å². The van der Waals surface area contributed by atoms with Gasteiger partial charge in [-0.3, -0.25) is 4.79 Å². The van der Waals surface area contributed by atoms with Gasteiger partial charge in [0.15, 0.2) is 0 Å². The largest absolute Gasteiger partial charge is 0.301 e. The minimum Gasteiger partial charge on any atom is -0.261 e. The monoisotopic (exact) mass is 290 g/mol. The molecule has 0 aliphatic rings. The van der Waals surface area contributed by atoms with E-state index in [4.69, 9.17) is 0 Å². The molecule has 0 radical (unpaired) electrons. The van der Waals surface area contributed by atoms with Crippen molar-refractivity contribution in [2.45, 2.75) is 89.9 Å². The Morgan fingerprint density at radius 2 is 0.947 bits per heavy atom. The lowest BCUT2D eigenvalue weighted by atomic mass is 10.0. The lowest BCUT2D eigenvalue weighted by Crippen LogP contribution is -1.87. The van der Waals surface area contributed by atoms with Crippen molar-refractivity contribution >= 4 is 18.7 Å². The maximum absolute atomic E-state index is 11.9. The van der Waals surface area contributed by atoms with E-state index in [1.54, 1.807) is 0 Å². The molecule has 114 valence electrons. The first-order valence-electron chi connectivity index (χ1n) is 8.06. The topological polar surface area (TPSA) is 17.1 Å². The highest BCUT2D eigenvalue weighted by Gasteiger charge is 1.97. The number of carbonyl (C=O) groups is 1. The van der Waals surface area contributed by atoms with E-state index >= 15 is 0 Å². The summed E-state index contributed by atoms with van der Waals surface area (Å²) in [5, 5.41) is 0. The van der Waals surface area contributed by atoms with Gasteiger partial charge in [0.05, 0.1) is 0 Å². The lowest BCUT2D eigenvalue weighted by molar-refractivity contribution is -0.129. The van der Waals surface area contributed by atoms with Crippen molar-refractivity contribution in [1.29, 1.82) is 0 Å². The first kappa shape index (κ1) is 18.9. The highest BCUT2D eigenvalue weighted by molar-refractivity contribution is 7.80. The molecular formula is C16H31FOS. The van der Waals surface area contributed by atoms with Gasteiger partial charge in [-0.25, -0.2) is 0 Å². The van der Waals surface area contributed by atoms with Crippen molar-refractivity contribution in [2.24, 2.45) is 0 Å². The van der Waals surface area contributed by atoms with Crippen LogP contribution in [-0.4, -0.2) is 11.8 Å². The van der Waals surface area contributed by atoms with Crippen LogP contribution in [0.2, 0.25) is 0 Å². The number of thiol groups is 1. The van der Waals surface area contributed by atoms with Crippen LogP contribution in [0.5, 0.6) is 0 Å². The van der Waals surface area contributed by atoms with Crippen LogP contribution in [0, 0.1) is 0 Å². The molecule has 0 bridgehead atoms. The van der Waals surface area contributed by atoms with E-state index in [0.717, 1.165) is 25.0 Å². The minimum atomic E-state index is -1.16. The van der Waals surface area contributed by atoms with Crippen molar-refractivity contribution in [3.63, 3.8) is 0 Å². The van der Waals surface area contributed by atoms with Gasteiger partial charge in [-0.1, -0.05) is 70.6 Å². The van der Waals surface area contributed by atoms with Crippen molar-refractivity contribution in [3.8, 4) is 0 Å². The van der Waals surface area contributed by atoms with Crippen LogP contribution in [0.25, 0.3) is 0 Å². The molecule has 0 aliphatic heterocycles. The summed E-state index contributed by atoms with van der Waals surface area (Å²) in [7, 11) is 0. The van der Waals surface area contributed by atoms with Gasteiger partial charge in [0.1, 0.15) is 0 Å². The standard InChI is InChI=1S/C16H31FOS/c17-16(18)14-12-10-8-6-4-2-1-3-5-7-9-11-13-15-19/h19H,1-15H2. The fourth-order valence-electron chi connectivity index (χ4n) is 2.32. The first-order valence-corrected chi connectivity index (χ1v) is 8.70. The maximum Gasteiger partial charge on any atom is 0.301 e. The summed E-state index contributed by atoms with van der Waals surface area (Å²) in [6.07, 6.45) is 16.3. The van der Waals surface area contributed by atoms with E-state index in [2.05, 4.69) is 12.6 Å². The van der Waals surface area contributed by atoms with Gasteiger partial charge in [-0.05, 0) is 18.6 Å². The third kappa shape index (κ3) is 17.9. The van der Waals surface area contributed by atoms with Crippen molar-refractivity contribution < 1.29 is 9.18 Å². The normalized spacial score (nSPS) is 10.8. The summed E-state index contributed by atoms with van der Waals surface area (Å²) >= 11 is 4.21. The summed E-state index contributed by atoms with van der Waals surface area (Å²) < 4.78 is 11.9. The molecule has 0 rings (SSSR count). The molecule has 0 N–H and O–H groups in total. The molecule has 0 aliphatic carbocycles. The van der Waals surface area contributed by atoms with Crippen molar-refractivity contribution in [3.05, 3.63) is 0 Å². The second kappa shape index (κ2) is 16.0. The van der Waals surface area contributed by atoms with Gasteiger partial charge in [-0.15, -0.1) is 0 Å². The molecular weight excluding hydrogens is 259 g/mol. The highest BCUT2D eigenvalue weighted by Crippen LogP contribution is 2.13. The van der Waals surface area contributed by atoms with Gasteiger partial charge in [-0.2, -0.15) is 17.0 Å². The third-order valence-electron chi connectivity index (χ3n) is 3.53. The summed E-state index contributed by atoms with van der Waals surface area (Å²) in [5.74, 6) is 1.03. The molecule has 0 amide bonds. The van der Waals surface area contributed by atoms with Crippen LogP contribution in [0.1, 0.15) is 89.9 Å². The molecule has 0 aromatic heterocycles. The predicted octanol–water partition coefficient (Wildman–Crippen LogP) is 5.87. The van der Waals surface area contributed by atoms with E-state index in [0.29, 0.717) is 0 Å². The van der Waals surface area contributed by atoms with Gasteiger partial charge < -0.3 is 0 Å². The number of halogens is 1. The highest BCUT2D eigenvalue weighted by atomic mass is 32.1. The zero-order valence-corrected chi connectivity index (χ0v) is 13.2. The molecule has 0 saturated heterocycles. The number of rotatable bonds is 15. The molecule has 0 aromatic carbocycles. The summed E-state index contributed by atoms with van der Waals surface area (Å²) in [4.78, 5) is 10.1.